The van der Waals surface area contributed by atoms with Gasteiger partial charge in [-0.25, -0.2) is 4.98 Å². The monoisotopic (exact) mass is 478 g/mol. The smallest absolute Gasteiger partial charge is 0.342 e. The Morgan fingerprint density at radius 3 is 2.48 bits per heavy atom. The van der Waals surface area contributed by atoms with Crippen molar-refractivity contribution in [1.29, 1.82) is 0 Å². The lowest BCUT2D eigenvalue weighted by atomic mass is 9.97. The van der Waals surface area contributed by atoms with Crippen LogP contribution >= 0.6 is 11.3 Å². The lowest BCUT2D eigenvalue weighted by molar-refractivity contribution is -0.159. The molecule has 6 nitrogen and oxygen atoms in total. The van der Waals surface area contributed by atoms with E-state index in [0.29, 0.717) is 19.0 Å². The van der Waals surface area contributed by atoms with Crippen LogP contribution in [0.2, 0.25) is 0 Å². The van der Waals surface area contributed by atoms with E-state index in [9.17, 15) is 18.0 Å². The lowest BCUT2D eigenvalue weighted by Crippen LogP contribution is -2.39. The Hall–Kier alpha value is -2.75. The Labute approximate surface area is 193 Å². The quantitative estimate of drug-likeness (QED) is 0.477. The number of aromatic nitrogens is 3. The number of likely N-dealkylation sites (tertiary alicyclic amines) is 1. The van der Waals surface area contributed by atoms with E-state index < -0.39 is 12.1 Å². The molecule has 1 aromatic carbocycles. The standard InChI is InChI=1S/C23H25F3N4O2S/c1-14(2)11-15-3-5-16(6-4-15)18-13-33-21(27-18)17-7-9-30(10-8-17)20(31)12-19-28-22(32-29-19)23(24,25)26/h3-6,13-14,17H,7-12H2,1-2H3. The van der Waals surface area contributed by atoms with Crippen LogP contribution in [0.15, 0.2) is 34.2 Å². The molecule has 0 saturated carbocycles. The zero-order chi connectivity index (χ0) is 23.6. The highest BCUT2D eigenvalue weighted by atomic mass is 32.1. The molecule has 1 amide bonds. The second kappa shape index (κ2) is 9.62. The molecule has 0 aliphatic carbocycles. The summed E-state index contributed by atoms with van der Waals surface area (Å²) in [6.07, 6.45) is -2.46. The van der Waals surface area contributed by atoms with Crippen molar-refractivity contribution in [3.05, 3.63) is 51.9 Å². The zero-order valence-corrected chi connectivity index (χ0v) is 19.2. The summed E-state index contributed by atoms with van der Waals surface area (Å²) in [5.74, 6) is -1.11. The van der Waals surface area contributed by atoms with E-state index in [2.05, 4.69) is 58.2 Å². The first-order valence-corrected chi connectivity index (χ1v) is 11.8. The summed E-state index contributed by atoms with van der Waals surface area (Å²) in [4.78, 5) is 22.2. The Morgan fingerprint density at radius 1 is 1.18 bits per heavy atom. The molecule has 0 radical (unpaired) electrons. The largest absolute Gasteiger partial charge is 0.471 e. The minimum atomic E-state index is -4.71. The number of hydrogen-bond acceptors (Lipinski definition) is 6. The molecule has 0 spiro atoms. The van der Waals surface area contributed by atoms with Gasteiger partial charge in [0.2, 0.25) is 5.91 Å². The number of alkyl halides is 3. The summed E-state index contributed by atoms with van der Waals surface area (Å²) >= 11 is 1.63. The maximum absolute atomic E-state index is 12.6. The average molecular weight is 479 g/mol. The second-order valence-corrected chi connectivity index (χ2v) is 9.60. The molecule has 0 N–H and O–H groups in total. The number of halogens is 3. The topological polar surface area (TPSA) is 72.1 Å². The Morgan fingerprint density at radius 2 is 1.88 bits per heavy atom. The Balaban J connectivity index is 1.31. The first-order valence-electron chi connectivity index (χ1n) is 10.9. The van der Waals surface area contributed by atoms with Gasteiger partial charge in [0.25, 0.3) is 0 Å². The third-order valence-electron chi connectivity index (χ3n) is 5.63. The summed E-state index contributed by atoms with van der Waals surface area (Å²) in [6, 6.07) is 8.53. The van der Waals surface area contributed by atoms with Crippen LogP contribution in [0.1, 0.15) is 54.9 Å². The molecule has 1 saturated heterocycles. The van der Waals surface area contributed by atoms with Crippen LogP contribution in [-0.4, -0.2) is 39.0 Å². The van der Waals surface area contributed by atoms with Crippen molar-refractivity contribution in [3.8, 4) is 11.3 Å². The van der Waals surface area contributed by atoms with Crippen LogP contribution in [0.25, 0.3) is 11.3 Å². The van der Waals surface area contributed by atoms with Crippen molar-refractivity contribution in [2.45, 2.75) is 51.6 Å². The molecule has 0 bridgehead atoms. The number of hydrogen-bond donors (Lipinski definition) is 0. The molecule has 176 valence electrons. The fourth-order valence-corrected chi connectivity index (χ4v) is 4.95. The normalized spacial score (nSPS) is 15.4. The molecule has 4 rings (SSSR count). The third kappa shape index (κ3) is 5.79. The van der Waals surface area contributed by atoms with Gasteiger partial charge in [0.15, 0.2) is 5.82 Å². The molecule has 2 aromatic heterocycles. The molecule has 3 heterocycles. The summed E-state index contributed by atoms with van der Waals surface area (Å²) in [7, 11) is 0. The molecule has 3 aromatic rings. The van der Waals surface area contributed by atoms with Crippen molar-refractivity contribution >= 4 is 17.2 Å². The third-order valence-corrected chi connectivity index (χ3v) is 6.64. The Kier molecular flexibility index (Phi) is 6.83. The van der Waals surface area contributed by atoms with Crippen LogP contribution in [-0.2, 0) is 23.8 Å². The highest BCUT2D eigenvalue weighted by Gasteiger charge is 2.38. The number of carbonyl (C=O) groups is 1. The van der Waals surface area contributed by atoms with Gasteiger partial charge in [-0.3, -0.25) is 4.79 Å². The molecular weight excluding hydrogens is 453 g/mol. The molecular formula is C23H25F3N4O2S. The lowest BCUT2D eigenvalue weighted by Gasteiger charge is -2.30. The molecule has 10 heteroatoms. The van der Waals surface area contributed by atoms with Gasteiger partial charge in [-0.2, -0.15) is 18.2 Å². The molecule has 0 unspecified atom stereocenters. The number of thiazole rings is 1. The maximum Gasteiger partial charge on any atom is 0.471 e. The fourth-order valence-electron chi connectivity index (χ4n) is 3.95. The van der Waals surface area contributed by atoms with E-state index in [4.69, 9.17) is 4.98 Å². The molecule has 1 aliphatic heterocycles. The van der Waals surface area contributed by atoms with Crippen molar-refractivity contribution in [1.82, 2.24) is 20.0 Å². The van der Waals surface area contributed by atoms with E-state index in [-0.39, 0.29) is 24.1 Å². The van der Waals surface area contributed by atoms with Gasteiger partial charge in [-0.15, -0.1) is 11.3 Å². The molecule has 1 fully saturated rings. The van der Waals surface area contributed by atoms with Gasteiger partial charge in [0.1, 0.15) is 0 Å². The number of carbonyl (C=O) groups excluding carboxylic acids is 1. The minimum absolute atomic E-state index is 0.251. The predicted octanol–water partition coefficient (Wildman–Crippen LogP) is 5.36. The van der Waals surface area contributed by atoms with Gasteiger partial charge >= 0.3 is 12.1 Å². The van der Waals surface area contributed by atoms with Gasteiger partial charge < -0.3 is 9.42 Å². The van der Waals surface area contributed by atoms with Crippen molar-refractivity contribution in [2.75, 3.05) is 13.1 Å². The van der Waals surface area contributed by atoms with Gasteiger partial charge in [-0.05, 0) is 30.7 Å². The first kappa shape index (κ1) is 23.4. The molecule has 33 heavy (non-hydrogen) atoms. The summed E-state index contributed by atoms with van der Waals surface area (Å²) in [5, 5.41) is 6.39. The van der Waals surface area contributed by atoms with Gasteiger partial charge in [0, 0.05) is 30.0 Å². The zero-order valence-electron chi connectivity index (χ0n) is 18.4. The van der Waals surface area contributed by atoms with Crippen molar-refractivity contribution in [2.24, 2.45) is 5.92 Å². The number of nitrogens with zero attached hydrogens (tertiary/aromatic N) is 4. The van der Waals surface area contributed by atoms with Crippen LogP contribution in [0.4, 0.5) is 13.2 Å². The minimum Gasteiger partial charge on any atom is -0.342 e. The number of rotatable bonds is 6. The van der Waals surface area contributed by atoms with Gasteiger partial charge in [0.05, 0.1) is 17.1 Å². The summed E-state index contributed by atoms with van der Waals surface area (Å²) < 4.78 is 41.9. The van der Waals surface area contributed by atoms with Crippen LogP contribution < -0.4 is 0 Å². The SMILES string of the molecule is CC(C)Cc1ccc(-c2csc(C3CCN(C(=O)Cc4noc(C(F)(F)F)n4)CC3)n2)cc1. The van der Waals surface area contributed by atoms with Crippen LogP contribution in [0, 0.1) is 5.92 Å². The van der Waals surface area contributed by atoms with Gasteiger partial charge in [-0.1, -0.05) is 43.3 Å². The fraction of sp³-hybridized carbons (Fsp3) is 0.478. The van der Waals surface area contributed by atoms with Crippen molar-refractivity contribution < 1.29 is 22.5 Å². The summed E-state index contributed by atoms with van der Waals surface area (Å²) in [5.41, 5.74) is 3.37. The first-order chi connectivity index (χ1) is 15.7. The van der Waals surface area contributed by atoms with Crippen LogP contribution in [0.3, 0.4) is 0 Å². The highest BCUT2D eigenvalue weighted by Crippen LogP contribution is 2.33. The summed E-state index contributed by atoms with van der Waals surface area (Å²) in [6.45, 7) is 5.45. The van der Waals surface area contributed by atoms with E-state index in [0.717, 1.165) is 35.5 Å². The highest BCUT2D eigenvalue weighted by molar-refractivity contribution is 7.10. The molecule has 1 aliphatic rings. The second-order valence-electron chi connectivity index (χ2n) is 8.71. The number of amides is 1. The maximum atomic E-state index is 12.6. The number of benzene rings is 1. The number of piperidine rings is 1. The van der Waals surface area contributed by atoms with E-state index in [1.165, 1.54) is 5.56 Å². The van der Waals surface area contributed by atoms with E-state index >= 15 is 0 Å². The predicted molar refractivity (Wildman–Crippen MR) is 118 cm³/mol. The molecule has 0 atom stereocenters. The van der Waals surface area contributed by atoms with Crippen molar-refractivity contribution in [3.63, 3.8) is 0 Å². The van der Waals surface area contributed by atoms with E-state index in [1.54, 1.807) is 16.2 Å². The Bertz CT molecular complexity index is 1080. The average Bonchev–Trinajstić information content (AvgIpc) is 3.44. The van der Waals surface area contributed by atoms with Crippen LogP contribution in [0.5, 0.6) is 0 Å². The van der Waals surface area contributed by atoms with E-state index in [1.807, 2.05) is 0 Å².